The summed E-state index contributed by atoms with van der Waals surface area (Å²) in [6.45, 7) is 2.37. The first kappa shape index (κ1) is 31.1. The summed E-state index contributed by atoms with van der Waals surface area (Å²) < 4.78 is 33.5. The molecule has 0 aliphatic rings. The third-order valence-electron chi connectivity index (χ3n) is 5.23. The fourth-order valence-electron chi connectivity index (χ4n) is 3.52. The van der Waals surface area contributed by atoms with Crippen molar-refractivity contribution in [3.63, 3.8) is 0 Å². The number of hydrogen-bond acceptors (Lipinski definition) is 3. The summed E-state index contributed by atoms with van der Waals surface area (Å²) in [7, 11) is -4.25. The van der Waals surface area contributed by atoms with E-state index in [4.69, 9.17) is 4.55 Å². The zero-order valence-electron chi connectivity index (χ0n) is 18.9. The van der Waals surface area contributed by atoms with Crippen LogP contribution < -0.4 is 29.6 Å². The summed E-state index contributed by atoms with van der Waals surface area (Å²) in [4.78, 5) is 0. The maximum absolute atomic E-state index is 10.4. The molecule has 0 aromatic rings. The molecule has 0 atom stereocenters. The van der Waals surface area contributed by atoms with Crippen LogP contribution in [0.5, 0.6) is 0 Å². The average molecular weight is 430 g/mol. The van der Waals surface area contributed by atoms with Gasteiger partial charge < -0.3 is 0 Å². The Kier molecular flexibility index (Phi) is 26.8. The summed E-state index contributed by atoms with van der Waals surface area (Å²) in [6.07, 6.45) is 26.3. The second-order valence-electron chi connectivity index (χ2n) is 7.97. The molecule has 0 aliphatic carbocycles. The monoisotopic (exact) mass is 429 g/mol. The standard InChI is InChI=1S/C22H46O4S.Na/c1-2-3-4-5-6-7-8-9-10-11-12-13-14-15-16-17-18-19-20-21-22-26-27(23,24)25;/h2-22H2,1H3,(H,23,24,25);/q;+1. The summed E-state index contributed by atoms with van der Waals surface area (Å²) >= 11 is 0. The molecule has 0 aliphatic heterocycles. The molecule has 0 radical (unpaired) electrons. The Morgan fingerprint density at radius 1 is 0.536 bits per heavy atom. The van der Waals surface area contributed by atoms with E-state index < -0.39 is 10.4 Å². The van der Waals surface area contributed by atoms with Crippen molar-refractivity contribution < 1.29 is 46.7 Å². The molecule has 0 aromatic carbocycles. The first-order valence-corrected chi connectivity index (χ1v) is 13.0. The number of hydrogen-bond donors (Lipinski definition) is 1. The maximum atomic E-state index is 10.4. The van der Waals surface area contributed by atoms with Crippen molar-refractivity contribution >= 4 is 10.4 Å². The fraction of sp³-hybridized carbons (Fsp3) is 1.00. The molecule has 0 saturated carbocycles. The van der Waals surface area contributed by atoms with Gasteiger partial charge in [0.2, 0.25) is 0 Å². The van der Waals surface area contributed by atoms with Gasteiger partial charge >= 0.3 is 40.0 Å². The Bertz CT molecular complexity index is 388. The zero-order chi connectivity index (χ0) is 20.1. The largest absolute Gasteiger partial charge is 1.00 e. The minimum atomic E-state index is -4.25. The Morgan fingerprint density at radius 3 is 1.04 bits per heavy atom. The summed E-state index contributed by atoms with van der Waals surface area (Å²) in [5.41, 5.74) is 0. The Morgan fingerprint density at radius 2 is 0.786 bits per heavy atom. The van der Waals surface area contributed by atoms with Crippen LogP contribution in [0.15, 0.2) is 0 Å². The van der Waals surface area contributed by atoms with E-state index in [1.807, 2.05) is 0 Å². The first-order chi connectivity index (χ1) is 13.1. The van der Waals surface area contributed by atoms with Crippen LogP contribution in [0.2, 0.25) is 0 Å². The average Bonchev–Trinajstić information content (AvgIpc) is 2.62. The van der Waals surface area contributed by atoms with E-state index in [9.17, 15) is 8.42 Å². The van der Waals surface area contributed by atoms with Gasteiger partial charge in [-0.25, -0.2) is 4.18 Å². The van der Waals surface area contributed by atoms with Crippen LogP contribution in [0.3, 0.4) is 0 Å². The second-order valence-corrected chi connectivity index (χ2v) is 9.06. The van der Waals surface area contributed by atoms with Gasteiger partial charge in [0.1, 0.15) is 0 Å². The van der Waals surface area contributed by atoms with E-state index in [0.717, 1.165) is 12.8 Å². The molecule has 0 saturated heterocycles. The van der Waals surface area contributed by atoms with Crippen LogP contribution in [0, 0.1) is 0 Å². The van der Waals surface area contributed by atoms with Crippen molar-refractivity contribution in [2.24, 2.45) is 0 Å². The molecule has 164 valence electrons. The van der Waals surface area contributed by atoms with Gasteiger partial charge in [0.25, 0.3) is 0 Å². The van der Waals surface area contributed by atoms with Gasteiger partial charge in [-0.05, 0) is 6.42 Å². The molecule has 0 unspecified atom stereocenters. The Hall–Kier alpha value is 0.870. The van der Waals surface area contributed by atoms with Gasteiger partial charge in [-0.15, -0.1) is 0 Å². The predicted molar refractivity (Wildman–Crippen MR) is 116 cm³/mol. The van der Waals surface area contributed by atoms with Crippen LogP contribution in [0.25, 0.3) is 0 Å². The Labute approximate surface area is 198 Å². The Balaban J connectivity index is 0. The molecule has 6 heteroatoms. The molecule has 0 bridgehead atoms. The molecule has 28 heavy (non-hydrogen) atoms. The van der Waals surface area contributed by atoms with Crippen LogP contribution in [-0.2, 0) is 14.6 Å². The molecule has 0 aromatic heterocycles. The van der Waals surface area contributed by atoms with Gasteiger partial charge in [-0.1, -0.05) is 129 Å². The van der Waals surface area contributed by atoms with Crippen molar-refractivity contribution in [2.75, 3.05) is 6.61 Å². The van der Waals surface area contributed by atoms with Gasteiger partial charge in [0, 0.05) is 0 Å². The van der Waals surface area contributed by atoms with Crippen molar-refractivity contribution in [1.29, 1.82) is 0 Å². The van der Waals surface area contributed by atoms with E-state index in [-0.39, 0.29) is 36.2 Å². The van der Waals surface area contributed by atoms with E-state index >= 15 is 0 Å². The molecule has 0 fully saturated rings. The van der Waals surface area contributed by atoms with E-state index in [2.05, 4.69) is 11.1 Å². The normalized spacial score (nSPS) is 11.5. The molecule has 0 rings (SSSR count). The van der Waals surface area contributed by atoms with E-state index in [0.29, 0.717) is 6.42 Å². The molecule has 0 amide bonds. The van der Waals surface area contributed by atoms with Crippen LogP contribution >= 0.6 is 0 Å². The van der Waals surface area contributed by atoms with Crippen molar-refractivity contribution in [3.8, 4) is 0 Å². The SMILES string of the molecule is CCCCCCCCCCCCCCCCCCCCCCOS(=O)(=O)O.[Na+]. The van der Waals surface area contributed by atoms with Crippen LogP contribution in [0.1, 0.15) is 135 Å². The molecular formula is C22H46NaO4S+. The first-order valence-electron chi connectivity index (χ1n) is 11.7. The number of rotatable bonds is 22. The van der Waals surface area contributed by atoms with Gasteiger partial charge in [0.05, 0.1) is 6.61 Å². The third-order valence-corrected chi connectivity index (χ3v) is 5.69. The third kappa shape index (κ3) is 29.1. The minimum absolute atomic E-state index is 0. The quantitative estimate of drug-likeness (QED) is 0.155. The summed E-state index contributed by atoms with van der Waals surface area (Å²) in [6, 6.07) is 0. The summed E-state index contributed by atoms with van der Waals surface area (Å²) in [5, 5.41) is 0. The van der Waals surface area contributed by atoms with E-state index in [1.165, 1.54) is 109 Å². The van der Waals surface area contributed by atoms with Crippen LogP contribution in [0.4, 0.5) is 0 Å². The molecule has 0 heterocycles. The molecular weight excluding hydrogens is 383 g/mol. The molecule has 1 N–H and O–H groups in total. The van der Waals surface area contributed by atoms with Crippen molar-refractivity contribution in [1.82, 2.24) is 0 Å². The minimum Gasteiger partial charge on any atom is -0.264 e. The molecule has 0 spiro atoms. The number of unbranched alkanes of at least 4 members (excludes halogenated alkanes) is 19. The van der Waals surface area contributed by atoms with Crippen molar-refractivity contribution in [2.45, 2.75) is 135 Å². The molecule has 4 nitrogen and oxygen atoms in total. The second kappa shape index (κ2) is 24.1. The zero-order valence-corrected chi connectivity index (χ0v) is 21.7. The predicted octanol–water partition coefficient (Wildman–Crippen LogP) is 4.63. The van der Waals surface area contributed by atoms with Gasteiger partial charge in [-0.3, -0.25) is 4.55 Å². The topological polar surface area (TPSA) is 63.6 Å². The van der Waals surface area contributed by atoms with Crippen LogP contribution in [-0.4, -0.2) is 19.6 Å². The van der Waals surface area contributed by atoms with Gasteiger partial charge in [-0.2, -0.15) is 8.42 Å². The summed E-state index contributed by atoms with van der Waals surface area (Å²) in [5.74, 6) is 0. The smallest absolute Gasteiger partial charge is 0.264 e. The van der Waals surface area contributed by atoms with Crippen molar-refractivity contribution in [3.05, 3.63) is 0 Å². The maximum Gasteiger partial charge on any atom is 1.00 e. The fourth-order valence-corrected chi connectivity index (χ4v) is 3.85. The van der Waals surface area contributed by atoms with Gasteiger partial charge in [0.15, 0.2) is 0 Å². The van der Waals surface area contributed by atoms with E-state index in [1.54, 1.807) is 0 Å².